The molecule has 7 rings (SSSR count). The summed E-state index contributed by atoms with van der Waals surface area (Å²) in [5.74, 6) is -0.750. The SMILES string of the molecule is CC(C)(C)NC(=O)[C@@H]1CN(Cc2cccnc2)CCN1C[C@@H](O)C[C@H](Cc1ccccc1)C(=O)N[C@H]1c2ccccc2C[C@H]1O.Nc1ccc(S(=O)(=O)Nc2ncccn2)cc1. The predicted molar refractivity (Wildman–Crippen MR) is 238 cm³/mol. The number of sulfonamides is 1. The molecule has 0 bridgehead atoms. The monoisotopic (exact) mass is 863 g/mol. The maximum absolute atomic E-state index is 13.8. The van der Waals surface area contributed by atoms with Crippen LogP contribution in [0, 0.1) is 5.92 Å². The first-order valence-corrected chi connectivity index (χ1v) is 22.2. The number of aromatic nitrogens is 3. The number of pyridine rings is 1. The van der Waals surface area contributed by atoms with Crippen LogP contribution in [0.15, 0.2) is 127 Å². The van der Waals surface area contributed by atoms with E-state index in [1.54, 1.807) is 12.3 Å². The van der Waals surface area contributed by atoms with Gasteiger partial charge in [-0.1, -0.05) is 60.7 Å². The maximum Gasteiger partial charge on any atom is 0.264 e. The zero-order valence-electron chi connectivity index (χ0n) is 35.3. The molecule has 3 heterocycles. The number of rotatable bonds is 14. The molecular weight excluding hydrogens is 807 g/mol. The number of nitrogen functional groups attached to an aromatic ring is 1. The topological polar surface area (TPSA) is 216 Å². The van der Waals surface area contributed by atoms with Gasteiger partial charge in [0, 0.05) is 81.1 Å². The third-order valence-corrected chi connectivity index (χ3v) is 12.0. The van der Waals surface area contributed by atoms with E-state index in [-0.39, 0.29) is 35.6 Å². The third-order valence-electron chi connectivity index (χ3n) is 10.7. The average Bonchev–Trinajstić information content (AvgIpc) is 3.55. The number of nitrogens with two attached hydrogens (primary N) is 1. The standard InChI is InChI=1S/C36H47N5O4.C10H10N4O2S/c1-36(2,3)39-35(45)31-24-40(22-26-12-9-15-37-21-26)16-17-41(31)23-29(42)19-28(18-25-10-5-4-6-11-25)34(44)38-33-30-14-8-7-13-27(30)20-32(33)43;11-8-2-4-9(5-3-8)17(15,16)14-10-12-6-1-7-13-10/h4-15,21,28-29,31-33,42-43H,16-20,22-24H2,1-3H3,(H,38,44)(H,39,45);1-7H,11H2,(H,12,13,14)/t28-,29-,31-,32+,33-;/m0./s1. The zero-order chi connectivity index (χ0) is 44.3. The molecule has 328 valence electrons. The Balaban J connectivity index is 0.000000314. The highest BCUT2D eigenvalue weighted by molar-refractivity contribution is 7.92. The lowest BCUT2D eigenvalue weighted by Gasteiger charge is -2.42. The maximum atomic E-state index is 13.8. The zero-order valence-corrected chi connectivity index (χ0v) is 36.2. The van der Waals surface area contributed by atoms with E-state index in [0.29, 0.717) is 38.2 Å². The molecule has 16 heteroatoms. The number of nitrogens with zero attached hydrogens (tertiary/aromatic N) is 5. The number of benzene rings is 3. The van der Waals surface area contributed by atoms with Gasteiger partial charge in [0.05, 0.1) is 23.1 Å². The minimum absolute atomic E-state index is 0.0318. The van der Waals surface area contributed by atoms with Gasteiger partial charge in [0.25, 0.3) is 10.0 Å². The van der Waals surface area contributed by atoms with Crippen LogP contribution in [0.5, 0.6) is 0 Å². The van der Waals surface area contributed by atoms with Crippen LogP contribution in [-0.4, -0.2) is 105 Å². The Morgan fingerprint density at radius 1 is 0.887 bits per heavy atom. The van der Waals surface area contributed by atoms with Crippen molar-refractivity contribution in [1.29, 1.82) is 0 Å². The van der Waals surface area contributed by atoms with Gasteiger partial charge < -0.3 is 26.6 Å². The molecule has 0 spiro atoms. The van der Waals surface area contributed by atoms with Gasteiger partial charge in [-0.15, -0.1) is 0 Å². The minimum atomic E-state index is -3.66. The average molecular weight is 864 g/mol. The lowest BCUT2D eigenvalue weighted by atomic mass is 9.91. The predicted octanol–water partition coefficient (Wildman–Crippen LogP) is 3.73. The lowest BCUT2D eigenvalue weighted by Crippen LogP contribution is -2.61. The van der Waals surface area contributed by atoms with Crippen molar-refractivity contribution in [3.8, 4) is 0 Å². The van der Waals surface area contributed by atoms with Gasteiger partial charge in [-0.05, 0) is 92.3 Å². The number of hydrogen-bond donors (Lipinski definition) is 6. The number of piperazine rings is 1. The number of anilines is 2. The molecule has 2 aliphatic rings. The van der Waals surface area contributed by atoms with E-state index in [1.165, 1.54) is 36.7 Å². The summed E-state index contributed by atoms with van der Waals surface area (Å²) in [6.45, 7) is 8.74. The van der Waals surface area contributed by atoms with Crippen LogP contribution in [0.4, 0.5) is 11.6 Å². The summed E-state index contributed by atoms with van der Waals surface area (Å²) < 4.78 is 26.0. The van der Waals surface area contributed by atoms with Crippen molar-refractivity contribution in [3.05, 3.63) is 144 Å². The van der Waals surface area contributed by atoms with Gasteiger partial charge in [-0.2, -0.15) is 0 Å². The van der Waals surface area contributed by atoms with Gasteiger partial charge in [-0.3, -0.25) is 24.4 Å². The molecule has 2 amide bonds. The molecule has 62 heavy (non-hydrogen) atoms. The van der Waals surface area contributed by atoms with Crippen molar-refractivity contribution in [1.82, 2.24) is 35.4 Å². The fraction of sp³-hybridized carbons (Fsp3) is 0.370. The second kappa shape index (κ2) is 20.9. The summed E-state index contributed by atoms with van der Waals surface area (Å²) in [4.78, 5) is 43.6. The number of hydrogen-bond acceptors (Lipinski definition) is 12. The number of aliphatic hydroxyl groups is 2. The van der Waals surface area contributed by atoms with Crippen LogP contribution in [0.3, 0.4) is 0 Å². The van der Waals surface area contributed by atoms with Crippen molar-refractivity contribution in [2.75, 3.05) is 36.6 Å². The van der Waals surface area contributed by atoms with Crippen LogP contribution < -0.4 is 21.1 Å². The van der Waals surface area contributed by atoms with Gasteiger partial charge >= 0.3 is 0 Å². The van der Waals surface area contributed by atoms with Crippen LogP contribution in [-0.2, 0) is 39.0 Å². The van der Waals surface area contributed by atoms with Crippen molar-refractivity contribution in [2.45, 2.75) is 81.3 Å². The number of amides is 2. The molecule has 7 N–H and O–H groups in total. The Morgan fingerprint density at radius 2 is 1.58 bits per heavy atom. The number of carbonyl (C=O) groups excluding carboxylic acids is 2. The number of aliphatic hydroxyl groups excluding tert-OH is 2. The van der Waals surface area contributed by atoms with Crippen LogP contribution in [0.2, 0.25) is 0 Å². The van der Waals surface area contributed by atoms with Crippen molar-refractivity contribution in [2.24, 2.45) is 5.92 Å². The normalized spacial score (nSPS) is 19.0. The third kappa shape index (κ3) is 13.1. The molecule has 1 aliphatic heterocycles. The highest BCUT2D eigenvalue weighted by Crippen LogP contribution is 2.32. The molecule has 15 nitrogen and oxygen atoms in total. The van der Waals surface area contributed by atoms with Crippen molar-refractivity contribution >= 4 is 33.5 Å². The summed E-state index contributed by atoms with van der Waals surface area (Å²) in [6.07, 6.45) is 6.16. The Kier molecular flexibility index (Phi) is 15.4. The smallest absolute Gasteiger partial charge is 0.264 e. The molecule has 5 atom stereocenters. The largest absolute Gasteiger partial charge is 0.399 e. The Morgan fingerprint density at radius 3 is 2.27 bits per heavy atom. The van der Waals surface area contributed by atoms with E-state index in [4.69, 9.17) is 5.73 Å². The molecular formula is C46H57N9O6S. The summed E-state index contributed by atoms with van der Waals surface area (Å²) in [5, 5.41) is 28.5. The van der Waals surface area contributed by atoms with E-state index in [9.17, 15) is 28.2 Å². The summed E-state index contributed by atoms with van der Waals surface area (Å²) >= 11 is 0. The molecule has 0 saturated carbocycles. The van der Waals surface area contributed by atoms with Crippen LogP contribution in [0.25, 0.3) is 0 Å². The lowest BCUT2D eigenvalue weighted by molar-refractivity contribution is -0.132. The van der Waals surface area contributed by atoms with E-state index < -0.39 is 45.8 Å². The molecule has 5 aromatic rings. The summed E-state index contributed by atoms with van der Waals surface area (Å²) in [5.41, 5.74) is 9.66. The van der Waals surface area contributed by atoms with Gasteiger partial charge in [0.2, 0.25) is 17.8 Å². The fourth-order valence-electron chi connectivity index (χ4n) is 7.74. The van der Waals surface area contributed by atoms with Crippen molar-refractivity contribution < 1.29 is 28.2 Å². The Hall–Kier alpha value is -5.78. The van der Waals surface area contributed by atoms with E-state index >= 15 is 0 Å². The molecule has 0 radical (unpaired) electrons. The molecule has 0 unspecified atom stereocenters. The van der Waals surface area contributed by atoms with Crippen LogP contribution in [0.1, 0.15) is 55.5 Å². The molecule has 1 saturated heterocycles. The van der Waals surface area contributed by atoms with Gasteiger partial charge in [0.1, 0.15) is 6.04 Å². The number of β-amino-alcohol motifs (C(OH)–C–C–N with tert-alkyl or cyclic N) is 1. The molecule has 1 fully saturated rings. The number of fused-ring (bicyclic) bond motifs is 1. The quantitative estimate of drug-likeness (QED) is 0.0882. The first-order chi connectivity index (χ1) is 29.6. The highest BCUT2D eigenvalue weighted by atomic mass is 32.2. The van der Waals surface area contributed by atoms with Gasteiger partial charge in [-0.25, -0.2) is 23.1 Å². The first kappa shape index (κ1) is 45.7. The van der Waals surface area contributed by atoms with Crippen LogP contribution >= 0.6 is 0 Å². The minimum Gasteiger partial charge on any atom is -0.399 e. The summed E-state index contributed by atoms with van der Waals surface area (Å²) in [6, 6.07) is 28.1. The summed E-state index contributed by atoms with van der Waals surface area (Å²) in [7, 11) is -3.66. The second-order valence-corrected chi connectivity index (χ2v) is 18.5. The highest BCUT2D eigenvalue weighted by Gasteiger charge is 2.37. The Labute approximate surface area is 363 Å². The fourth-order valence-corrected chi connectivity index (χ4v) is 8.70. The Bertz CT molecular complexity index is 2320. The molecule has 3 aromatic carbocycles. The van der Waals surface area contributed by atoms with E-state index in [2.05, 4.69) is 40.1 Å². The number of carbonyl (C=O) groups is 2. The molecule has 2 aromatic heterocycles. The first-order valence-electron chi connectivity index (χ1n) is 20.7. The molecule has 1 aliphatic carbocycles. The van der Waals surface area contributed by atoms with Gasteiger partial charge in [0.15, 0.2) is 0 Å². The number of nitrogens with one attached hydrogen (secondary N) is 3. The second-order valence-electron chi connectivity index (χ2n) is 16.8. The van der Waals surface area contributed by atoms with E-state index in [1.807, 2.05) is 93.7 Å². The van der Waals surface area contributed by atoms with Crippen molar-refractivity contribution in [3.63, 3.8) is 0 Å². The van der Waals surface area contributed by atoms with E-state index in [0.717, 1.165) is 28.8 Å².